The summed E-state index contributed by atoms with van der Waals surface area (Å²) in [6.45, 7) is 0.897. The number of fused-ring (bicyclic) bond motifs is 2. The van der Waals surface area contributed by atoms with Gasteiger partial charge in [0.25, 0.3) is 5.91 Å². The van der Waals surface area contributed by atoms with Gasteiger partial charge in [-0.05, 0) is 50.3 Å². The van der Waals surface area contributed by atoms with Crippen LogP contribution in [0.5, 0.6) is 5.75 Å². The molecule has 38 heavy (non-hydrogen) atoms. The smallest absolute Gasteiger partial charge is 0.253 e. The summed E-state index contributed by atoms with van der Waals surface area (Å²) < 4.78 is 19.9. The number of hydrogen-bond donors (Lipinski definition) is 4. The van der Waals surface area contributed by atoms with Crippen molar-refractivity contribution in [3.8, 4) is 5.75 Å². The number of likely N-dealkylation sites (N-methyl/N-ethyl adjacent to an activating group) is 1. The first-order valence-electron chi connectivity index (χ1n) is 11.9. The number of H-pyrrole nitrogens is 1. The number of halogens is 1. The molecule has 1 aliphatic heterocycles. The molecule has 196 valence electrons. The van der Waals surface area contributed by atoms with Gasteiger partial charge in [0.05, 0.1) is 41.7 Å². The van der Waals surface area contributed by atoms with Crippen molar-refractivity contribution in [3.05, 3.63) is 59.5 Å². The SMILES string of the molecule is COc1cc2c(cc1Nc1nc(Nc3cccc(F)c3C(N)=O)c3cc[nH]c3n1)CCN2C(=O)CN(C)C. The van der Waals surface area contributed by atoms with Gasteiger partial charge in [0.2, 0.25) is 11.9 Å². The molecule has 1 aliphatic rings. The highest BCUT2D eigenvalue weighted by Gasteiger charge is 2.27. The molecule has 0 spiro atoms. The summed E-state index contributed by atoms with van der Waals surface area (Å²) in [5, 5.41) is 6.86. The molecule has 5 rings (SSSR count). The fourth-order valence-corrected chi connectivity index (χ4v) is 4.52. The Labute approximate surface area is 217 Å². The van der Waals surface area contributed by atoms with Crippen LogP contribution < -0.4 is 26.0 Å². The maximum atomic E-state index is 14.3. The second-order valence-electron chi connectivity index (χ2n) is 9.13. The number of amides is 2. The molecule has 0 radical (unpaired) electrons. The standard InChI is InChI=1S/C26H27FN8O3/c1-34(2)13-21(36)35-10-8-14-11-18(20(38-3)12-19(14)35)31-26-32-24-15(7-9-29-24)25(33-26)30-17-6-4-5-16(27)22(17)23(28)37/h4-7,9,11-12H,8,10,13H2,1-3H3,(H2,28,37)(H3,29,30,31,32,33). The molecule has 0 unspecified atom stereocenters. The quantitative estimate of drug-likeness (QED) is 0.279. The van der Waals surface area contributed by atoms with E-state index in [1.165, 1.54) is 12.1 Å². The number of benzene rings is 2. The minimum absolute atomic E-state index is 0.0143. The molecule has 0 atom stereocenters. The van der Waals surface area contributed by atoms with Gasteiger partial charge in [0.15, 0.2) is 0 Å². The number of aromatic nitrogens is 3. The minimum Gasteiger partial charge on any atom is -0.494 e. The second kappa shape index (κ2) is 9.98. The largest absolute Gasteiger partial charge is 0.494 e. The third kappa shape index (κ3) is 4.68. The predicted octanol–water partition coefficient (Wildman–Crippen LogP) is 3.14. The Balaban J connectivity index is 1.49. The van der Waals surface area contributed by atoms with Gasteiger partial charge in [-0.3, -0.25) is 9.59 Å². The molecule has 11 nitrogen and oxygen atoms in total. The van der Waals surface area contributed by atoms with Crippen LogP contribution in [0.4, 0.5) is 33.2 Å². The van der Waals surface area contributed by atoms with Crippen molar-refractivity contribution in [1.82, 2.24) is 19.9 Å². The van der Waals surface area contributed by atoms with Gasteiger partial charge in [-0.1, -0.05) is 6.07 Å². The summed E-state index contributed by atoms with van der Waals surface area (Å²) >= 11 is 0. The van der Waals surface area contributed by atoms with E-state index >= 15 is 0 Å². The third-order valence-corrected chi connectivity index (χ3v) is 6.22. The first-order valence-corrected chi connectivity index (χ1v) is 11.9. The molecule has 5 N–H and O–H groups in total. The van der Waals surface area contributed by atoms with Gasteiger partial charge in [-0.25, -0.2) is 4.39 Å². The van der Waals surface area contributed by atoms with Gasteiger partial charge >= 0.3 is 0 Å². The monoisotopic (exact) mass is 518 g/mol. The van der Waals surface area contributed by atoms with E-state index < -0.39 is 11.7 Å². The Hall–Kier alpha value is -4.71. The number of nitrogens with zero attached hydrogens (tertiary/aromatic N) is 4. The van der Waals surface area contributed by atoms with Crippen LogP contribution in [0.15, 0.2) is 42.6 Å². The maximum Gasteiger partial charge on any atom is 0.253 e. The van der Waals surface area contributed by atoms with E-state index in [0.717, 1.165) is 11.3 Å². The molecule has 12 heteroatoms. The van der Waals surface area contributed by atoms with E-state index in [1.54, 1.807) is 30.3 Å². The van der Waals surface area contributed by atoms with Crippen molar-refractivity contribution in [2.75, 3.05) is 49.8 Å². The number of rotatable bonds is 8. The molecule has 0 fully saturated rings. The average Bonchev–Trinajstić information content (AvgIpc) is 3.50. The van der Waals surface area contributed by atoms with Crippen LogP contribution in [0.3, 0.4) is 0 Å². The van der Waals surface area contributed by atoms with Crippen molar-refractivity contribution in [1.29, 1.82) is 0 Å². The molecular weight excluding hydrogens is 491 g/mol. The molecule has 4 aromatic rings. The van der Waals surface area contributed by atoms with Crippen LogP contribution >= 0.6 is 0 Å². The zero-order valence-electron chi connectivity index (χ0n) is 21.1. The zero-order valence-corrected chi connectivity index (χ0v) is 21.1. The lowest BCUT2D eigenvalue weighted by Crippen LogP contribution is -2.36. The van der Waals surface area contributed by atoms with E-state index in [1.807, 2.05) is 31.1 Å². The van der Waals surface area contributed by atoms with Crippen LogP contribution in [0, 0.1) is 5.82 Å². The predicted molar refractivity (Wildman–Crippen MR) is 143 cm³/mol. The van der Waals surface area contributed by atoms with E-state index in [-0.39, 0.29) is 23.1 Å². The molecular formula is C26H27FN8O3. The van der Waals surface area contributed by atoms with Gasteiger partial charge < -0.3 is 35.9 Å². The van der Waals surface area contributed by atoms with Crippen molar-refractivity contribution < 1.29 is 18.7 Å². The number of anilines is 5. The normalized spacial score (nSPS) is 12.6. The highest BCUT2D eigenvalue weighted by Crippen LogP contribution is 2.39. The first-order chi connectivity index (χ1) is 18.2. The lowest BCUT2D eigenvalue weighted by atomic mass is 10.1. The number of methoxy groups -OCH3 is 1. The molecule has 2 amide bonds. The molecule has 2 aromatic carbocycles. The fourth-order valence-electron chi connectivity index (χ4n) is 4.52. The van der Waals surface area contributed by atoms with Gasteiger partial charge in [-0.2, -0.15) is 9.97 Å². The van der Waals surface area contributed by atoms with Gasteiger partial charge in [-0.15, -0.1) is 0 Å². The van der Waals surface area contributed by atoms with Gasteiger partial charge in [0.1, 0.15) is 23.0 Å². The van der Waals surface area contributed by atoms with E-state index in [0.29, 0.717) is 47.8 Å². The number of carbonyl (C=O) groups is 2. The summed E-state index contributed by atoms with van der Waals surface area (Å²) in [6.07, 6.45) is 2.40. The molecule has 2 aromatic heterocycles. The summed E-state index contributed by atoms with van der Waals surface area (Å²) in [7, 11) is 5.26. The van der Waals surface area contributed by atoms with Crippen LogP contribution in [0.25, 0.3) is 11.0 Å². The summed E-state index contributed by atoms with van der Waals surface area (Å²) in [6, 6.07) is 9.70. The molecule has 3 heterocycles. The number of ether oxygens (including phenoxy) is 1. The number of nitrogens with one attached hydrogen (secondary N) is 3. The van der Waals surface area contributed by atoms with Gasteiger partial charge in [0, 0.05) is 18.8 Å². The second-order valence-corrected chi connectivity index (χ2v) is 9.13. The Morgan fingerprint density at radius 1 is 1.18 bits per heavy atom. The Morgan fingerprint density at radius 3 is 2.74 bits per heavy atom. The van der Waals surface area contributed by atoms with E-state index in [9.17, 15) is 14.0 Å². The summed E-state index contributed by atoms with van der Waals surface area (Å²) in [4.78, 5) is 40.4. The Morgan fingerprint density at radius 2 is 2.00 bits per heavy atom. The average molecular weight is 519 g/mol. The van der Waals surface area contributed by atoms with Crippen LogP contribution in [0.2, 0.25) is 0 Å². The summed E-state index contributed by atoms with van der Waals surface area (Å²) in [5.41, 5.74) is 8.27. The van der Waals surface area contributed by atoms with Crippen molar-refractivity contribution in [2.24, 2.45) is 5.73 Å². The number of carbonyl (C=O) groups excluding carboxylic acids is 2. The number of primary amides is 1. The Bertz CT molecular complexity index is 1550. The fraction of sp³-hybridized carbons (Fsp3) is 0.231. The van der Waals surface area contributed by atoms with Crippen LogP contribution in [-0.4, -0.2) is 66.0 Å². The summed E-state index contributed by atoms with van der Waals surface area (Å²) in [5.74, 6) is -0.534. The highest BCUT2D eigenvalue weighted by atomic mass is 19.1. The van der Waals surface area contributed by atoms with Crippen LogP contribution in [-0.2, 0) is 11.2 Å². The van der Waals surface area contributed by atoms with Crippen molar-refractivity contribution in [3.63, 3.8) is 0 Å². The van der Waals surface area contributed by atoms with E-state index in [4.69, 9.17) is 10.5 Å². The topological polar surface area (TPSA) is 142 Å². The lowest BCUT2D eigenvalue weighted by Gasteiger charge is -2.21. The molecule has 0 saturated carbocycles. The molecule has 0 saturated heterocycles. The molecule has 0 bridgehead atoms. The highest BCUT2D eigenvalue weighted by molar-refractivity contribution is 6.01. The minimum atomic E-state index is -0.899. The zero-order chi connectivity index (χ0) is 27.0. The van der Waals surface area contributed by atoms with Crippen LogP contribution in [0.1, 0.15) is 15.9 Å². The number of nitrogens with two attached hydrogens (primary N) is 1. The number of hydrogen-bond acceptors (Lipinski definition) is 8. The van der Waals surface area contributed by atoms with E-state index in [2.05, 4.69) is 25.6 Å². The lowest BCUT2D eigenvalue weighted by molar-refractivity contribution is -0.119. The van der Waals surface area contributed by atoms with Crippen molar-refractivity contribution >= 4 is 51.7 Å². The maximum absolute atomic E-state index is 14.3. The third-order valence-electron chi connectivity index (χ3n) is 6.22. The van der Waals surface area contributed by atoms with Crippen molar-refractivity contribution in [2.45, 2.75) is 6.42 Å². The Kier molecular flexibility index (Phi) is 6.55. The number of aromatic amines is 1. The first kappa shape index (κ1) is 25.0. The molecule has 0 aliphatic carbocycles.